The lowest BCUT2D eigenvalue weighted by Crippen LogP contribution is -2.45. The Morgan fingerprint density at radius 3 is 2.71 bits per heavy atom. The molecule has 1 heterocycles. The molecule has 0 aromatic heterocycles. The van der Waals surface area contributed by atoms with Gasteiger partial charge in [-0.25, -0.2) is 0 Å². The van der Waals surface area contributed by atoms with Crippen LogP contribution in [0.25, 0.3) is 0 Å². The molecule has 1 aliphatic heterocycles. The summed E-state index contributed by atoms with van der Waals surface area (Å²) >= 11 is 0. The Morgan fingerprint density at radius 2 is 2.04 bits per heavy atom. The molecule has 1 aliphatic rings. The Kier molecular flexibility index (Phi) is 9.11. The summed E-state index contributed by atoms with van der Waals surface area (Å²) in [4.78, 5) is 18.8. The topological polar surface area (TPSA) is 66.0 Å². The summed E-state index contributed by atoms with van der Waals surface area (Å²) in [6, 6.07) is 8.41. The number of likely N-dealkylation sites (tertiary alicyclic amines) is 1. The first-order valence-electron chi connectivity index (χ1n) is 10.5. The van der Waals surface area contributed by atoms with Gasteiger partial charge in [-0.3, -0.25) is 9.79 Å². The van der Waals surface area contributed by atoms with Crippen LogP contribution < -0.4 is 15.4 Å². The van der Waals surface area contributed by atoms with E-state index in [2.05, 4.69) is 41.6 Å². The molecule has 1 aromatic rings. The molecule has 0 aliphatic carbocycles. The number of nitrogens with zero attached hydrogens (tertiary/aromatic N) is 2. The van der Waals surface area contributed by atoms with E-state index >= 15 is 0 Å². The quantitative estimate of drug-likeness (QED) is 0.388. The summed E-state index contributed by atoms with van der Waals surface area (Å²) in [6.45, 7) is 11.9. The number of benzene rings is 1. The van der Waals surface area contributed by atoms with Crippen LogP contribution >= 0.6 is 0 Å². The van der Waals surface area contributed by atoms with E-state index < -0.39 is 0 Å². The molecule has 2 rings (SSSR count). The van der Waals surface area contributed by atoms with Crippen molar-refractivity contribution in [1.29, 1.82) is 0 Å². The van der Waals surface area contributed by atoms with Crippen molar-refractivity contribution in [3.8, 4) is 5.75 Å². The van der Waals surface area contributed by atoms with E-state index in [1.165, 1.54) is 5.56 Å². The summed E-state index contributed by atoms with van der Waals surface area (Å²) in [7, 11) is 0. The summed E-state index contributed by atoms with van der Waals surface area (Å²) in [5.74, 6) is 2.05. The number of aryl methyl sites for hydroxylation is 1. The zero-order valence-corrected chi connectivity index (χ0v) is 17.8. The van der Waals surface area contributed by atoms with Crippen molar-refractivity contribution in [2.75, 3.05) is 32.8 Å². The van der Waals surface area contributed by atoms with E-state index in [0.29, 0.717) is 6.61 Å². The highest BCUT2D eigenvalue weighted by Gasteiger charge is 2.27. The molecule has 0 saturated carbocycles. The molecule has 2 N–H and O–H groups in total. The molecule has 0 spiro atoms. The van der Waals surface area contributed by atoms with E-state index in [1.54, 1.807) is 0 Å². The lowest BCUT2D eigenvalue weighted by Gasteiger charge is -2.20. The van der Waals surface area contributed by atoms with Gasteiger partial charge in [0.15, 0.2) is 5.96 Å². The van der Waals surface area contributed by atoms with Crippen LogP contribution in [-0.2, 0) is 4.79 Å². The molecule has 28 heavy (non-hydrogen) atoms. The summed E-state index contributed by atoms with van der Waals surface area (Å²) in [5.41, 5.74) is 1.24. The van der Waals surface area contributed by atoms with E-state index in [-0.39, 0.29) is 17.9 Å². The third kappa shape index (κ3) is 7.41. The van der Waals surface area contributed by atoms with Gasteiger partial charge in [-0.15, -0.1) is 0 Å². The van der Waals surface area contributed by atoms with Gasteiger partial charge in [0, 0.05) is 38.1 Å². The van der Waals surface area contributed by atoms with Gasteiger partial charge in [-0.1, -0.05) is 31.5 Å². The molecule has 156 valence electrons. The first-order chi connectivity index (χ1) is 13.5. The summed E-state index contributed by atoms with van der Waals surface area (Å²) < 4.78 is 5.76. The highest BCUT2D eigenvalue weighted by Crippen LogP contribution is 2.13. The van der Waals surface area contributed by atoms with Crippen LogP contribution in [0.1, 0.15) is 45.6 Å². The van der Waals surface area contributed by atoms with Gasteiger partial charge in [-0.05, 0) is 45.2 Å². The first-order valence-corrected chi connectivity index (χ1v) is 10.5. The number of aliphatic imine (C=N–C) groups is 1. The van der Waals surface area contributed by atoms with Gasteiger partial charge >= 0.3 is 0 Å². The third-order valence-electron chi connectivity index (χ3n) is 4.79. The molecule has 0 bridgehead atoms. The average Bonchev–Trinajstić information content (AvgIpc) is 3.13. The van der Waals surface area contributed by atoms with Crippen molar-refractivity contribution in [2.45, 2.75) is 53.0 Å². The fourth-order valence-electron chi connectivity index (χ4n) is 3.19. The smallest absolute Gasteiger partial charge is 0.225 e. The zero-order valence-electron chi connectivity index (χ0n) is 17.8. The van der Waals surface area contributed by atoms with Crippen molar-refractivity contribution >= 4 is 11.9 Å². The van der Waals surface area contributed by atoms with Crippen LogP contribution in [-0.4, -0.2) is 55.6 Å². The van der Waals surface area contributed by atoms with Crippen LogP contribution in [0.5, 0.6) is 5.75 Å². The molecule has 6 heteroatoms. The van der Waals surface area contributed by atoms with Crippen molar-refractivity contribution in [3.63, 3.8) is 0 Å². The molecular weight excluding hydrogens is 352 g/mol. The normalized spacial score (nSPS) is 17.1. The number of unbranched alkanes of at least 4 members (excludes halogenated alkanes) is 1. The minimum Gasteiger partial charge on any atom is -0.494 e. The van der Waals surface area contributed by atoms with Gasteiger partial charge in [0.05, 0.1) is 6.61 Å². The maximum atomic E-state index is 12.1. The fraction of sp³-hybridized carbons (Fsp3) is 0.636. The fourth-order valence-corrected chi connectivity index (χ4v) is 3.19. The highest BCUT2D eigenvalue weighted by molar-refractivity contribution is 5.81. The zero-order chi connectivity index (χ0) is 20.4. The lowest BCUT2D eigenvalue weighted by molar-refractivity contribution is -0.133. The highest BCUT2D eigenvalue weighted by atomic mass is 16.5. The van der Waals surface area contributed by atoms with Gasteiger partial charge < -0.3 is 20.3 Å². The number of carbonyl (C=O) groups excluding carboxylic acids is 1. The Morgan fingerprint density at radius 1 is 1.29 bits per heavy atom. The van der Waals surface area contributed by atoms with Gasteiger partial charge in [0.25, 0.3) is 0 Å². The van der Waals surface area contributed by atoms with Crippen LogP contribution in [0.3, 0.4) is 0 Å². The standard InChI is InChI=1S/C22H36N4O2/c1-5-23-22(25-19-12-14-26(16-19)21(27)17(2)3)24-13-6-7-15-28-20-10-8-18(4)9-11-20/h8-11,17,19H,5-7,12-16H2,1-4H3,(H2,23,24,25). The molecular formula is C22H36N4O2. The van der Waals surface area contributed by atoms with Crippen LogP contribution in [0, 0.1) is 12.8 Å². The van der Waals surface area contributed by atoms with Crippen molar-refractivity contribution in [2.24, 2.45) is 10.9 Å². The Balaban J connectivity index is 1.69. The maximum Gasteiger partial charge on any atom is 0.225 e. The number of rotatable bonds is 9. The lowest BCUT2D eigenvalue weighted by atomic mass is 10.2. The van der Waals surface area contributed by atoms with Crippen molar-refractivity contribution < 1.29 is 9.53 Å². The molecule has 6 nitrogen and oxygen atoms in total. The molecule has 1 unspecified atom stereocenters. The second kappa shape index (κ2) is 11.6. The van der Waals surface area contributed by atoms with Gasteiger partial charge in [0.2, 0.25) is 5.91 Å². The number of amides is 1. The number of hydrogen-bond acceptors (Lipinski definition) is 3. The molecule has 1 atom stereocenters. The number of ether oxygens (including phenoxy) is 1. The summed E-state index contributed by atoms with van der Waals surface area (Å²) in [6.07, 6.45) is 2.91. The Bertz CT molecular complexity index is 628. The number of carbonyl (C=O) groups is 1. The second-order valence-electron chi connectivity index (χ2n) is 7.70. The molecule has 0 radical (unpaired) electrons. The Labute approximate surface area is 169 Å². The van der Waals surface area contributed by atoms with Crippen molar-refractivity contribution in [3.05, 3.63) is 29.8 Å². The van der Waals surface area contributed by atoms with Gasteiger partial charge in [0.1, 0.15) is 5.75 Å². The number of hydrogen-bond donors (Lipinski definition) is 2. The summed E-state index contributed by atoms with van der Waals surface area (Å²) in [5, 5.41) is 6.78. The molecule has 1 fully saturated rings. The predicted molar refractivity (Wildman–Crippen MR) is 115 cm³/mol. The Hall–Kier alpha value is -2.24. The average molecular weight is 389 g/mol. The van der Waals surface area contributed by atoms with Crippen LogP contribution in [0.2, 0.25) is 0 Å². The van der Waals surface area contributed by atoms with Gasteiger partial charge in [-0.2, -0.15) is 0 Å². The minimum absolute atomic E-state index is 0.0581. The van der Waals surface area contributed by atoms with E-state index in [4.69, 9.17) is 4.74 Å². The monoisotopic (exact) mass is 388 g/mol. The third-order valence-corrected chi connectivity index (χ3v) is 4.79. The maximum absolute atomic E-state index is 12.1. The van der Waals surface area contributed by atoms with E-state index in [1.807, 2.05) is 30.9 Å². The predicted octanol–water partition coefficient (Wildman–Crippen LogP) is 2.97. The van der Waals surface area contributed by atoms with E-state index in [0.717, 1.165) is 57.2 Å². The van der Waals surface area contributed by atoms with Crippen LogP contribution in [0.4, 0.5) is 0 Å². The number of nitrogens with one attached hydrogen (secondary N) is 2. The molecule has 1 saturated heterocycles. The van der Waals surface area contributed by atoms with Crippen molar-refractivity contribution in [1.82, 2.24) is 15.5 Å². The molecule has 1 aromatic carbocycles. The van der Waals surface area contributed by atoms with E-state index in [9.17, 15) is 4.79 Å². The minimum atomic E-state index is 0.0581. The molecule has 1 amide bonds. The number of guanidine groups is 1. The largest absolute Gasteiger partial charge is 0.494 e. The van der Waals surface area contributed by atoms with Crippen LogP contribution in [0.15, 0.2) is 29.3 Å². The second-order valence-corrected chi connectivity index (χ2v) is 7.70. The SMILES string of the molecule is CCNC(=NCCCCOc1ccc(C)cc1)NC1CCN(C(=O)C(C)C)C1. The first kappa shape index (κ1) is 22.1.